The first-order valence-electron chi connectivity index (χ1n) is 11.7. The third kappa shape index (κ3) is 3.62. The molecule has 1 aliphatic carbocycles. The van der Waals surface area contributed by atoms with Crippen LogP contribution in [0.5, 0.6) is 0 Å². The number of anilines is 1. The van der Waals surface area contributed by atoms with Gasteiger partial charge in [-0.15, -0.1) is 0 Å². The fourth-order valence-electron chi connectivity index (χ4n) is 5.26. The number of nitrogens with two attached hydrogens (primary N) is 1. The molecule has 3 N–H and O–H groups in total. The second kappa shape index (κ2) is 8.61. The molecule has 1 fully saturated rings. The van der Waals surface area contributed by atoms with Crippen LogP contribution in [0.25, 0.3) is 11.2 Å². The van der Waals surface area contributed by atoms with Crippen molar-refractivity contribution >= 4 is 35.7 Å². The Morgan fingerprint density at radius 2 is 1.62 bits per heavy atom. The lowest BCUT2D eigenvalue weighted by Crippen LogP contribution is -2.67. The van der Waals surface area contributed by atoms with E-state index in [1.165, 1.54) is 16.7 Å². The number of imidazole rings is 1. The first-order chi connectivity index (χ1) is 16.3. The van der Waals surface area contributed by atoms with Crippen LogP contribution in [0.15, 0.2) is 73.3 Å². The van der Waals surface area contributed by atoms with Gasteiger partial charge < -0.3 is 19.8 Å². The molecule has 7 nitrogen and oxygen atoms in total. The summed E-state index contributed by atoms with van der Waals surface area (Å²) in [4.78, 5) is 12.7. The van der Waals surface area contributed by atoms with Gasteiger partial charge in [0.15, 0.2) is 11.5 Å². The molecule has 1 saturated carbocycles. The normalized spacial score (nSPS) is 20.9. The molecule has 0 saturated heterocycles. The zero-order valence-corrected chi connectivity index (χ0v) is 20.8. The number of aromatic nitrogens is 4. The molecule has 1 aliphatic rings. The van der Waals surface area contributed by atoms with E-state index in [4.69, 9.17) is 10.2 Å². The molecule has 4 aromatic rings. The maximum Gasteiger partial charge on any atom is 0.261 e. The smallest absolute Gasteiger partial charge is 0.261 e. The molecule has 3 atom stereocenters. The van der Waals surface area contributed by atoms with E-state index in [0.717, 1.165) is 6.42 Å². The van der Waals surface area contributed by atoms with Crippen molar-refractivity contribution in [3.05, 3.63) is 73.3 Å². The molecule has 8 heteroatoms. The minimum Gasteiger partial charge on any atom is -0.407 e. The van der Waals surface area contributed by atoms with E-state index in [-0.39, 0.29) is 17.0 Å². The SMILES string of the molecule is CC(C)(C)[Si](OC[C@H]1C[C@@H](n2cnc3c(N)ncnc32)[C@@H]1O)(c1ccccc1)c1ccccc1. The van der Waals surface area contributed by atoms with E-state index < -0.39 is 14.4 Å². The molecule has 2 aromatic carbocycles. The van der Waals surface area contributed by atoms with Gasteiger partial charge in [0.1, 0.15) is 11.8 Å². The number of fused-ring (bicyclic) bond motifs is 1. The van der Waals surface area contributed by atoms with E-state index in [9.17, 15) is 5.11 Å². The summed E-state index contributed by atoms with van der Waals surface area (Å²) in [6, 6.07) is 21.1. The van der Waals surface area contributed by atoms with Crippen LogP contribution in [0.4, 0.5) is 5.82 Å². The van der Waals surface area contributed by atoms with Crippen molar-refractivity contribution in [2.24, 2.45) is 5.92 Å². The van der Waals surface area contributed by atoms with Crippen LogP contribution >= 0.6 is 0 Å². The van der Waals surface area contributed by atoms with Gasteiger partial charge in [0, 0.05) is 12.5 Å². The summed E-state index contributed by atoms with van der Waals surface area (Å²) < 4.78 is 8.94. The van der Waals surface area contributed by atoms with Crippen molar-refractivity contribution < 1.29 is 9.53 Å². The Bertz CT molecular complexity index is 1230. The van der Waals surface area contributed by atoms with E-state index >= 15 is 0 Å². The van der Waals surface area contributed by atoms with Gasteiger partial charge in [0.05, 0.1) is 18.5 Å². The summed E-state index contributed by atoms with van der Waals surface area (Å²) in [6.07, 6.45) is 3.37. The van der Waals surface area contributed by atoms with E-state index in [0.29, 0.717) is 23.6 Å². The molecule has 176 valence electrons. The average Bonchev–Trinajstić information content (AvgIpc) is 3.26. The maximum absolute atomic E-state index is 11.1. The molecule has 5 rings (SSSR count). The van der Waals surface area contributed by atoms with E-state index in [1.54, 1.807) is 6.33 Å². The molecular formula is C26H31N5O2Si. The summed E-state index contributed by atoms with van der Waals surface area (Å²) in [5.41, 5.74) is 7.16. The molecule has 0 radical (unpaired) electrons. The number of aliphatic hydroxyl groups is 1. The molecule has 34 heavy (non-hydrogen) atoms. The Kier molecular flexibility index (Phi) is 5.75. The maximum atomic E-state index is 11.1. The minimum atomic E-state index is -2.63. The first kappa shape index (κ1) is 22.7. The van der Waals surface area contributed by atoms with Crippen LogP contribution in [0.3, 0.4) is 0 Å². The highest BCUT2D eigenvalue weighted by atomic mass is 28.4. The number of nitrogen functional groups attached to an aromatic ring is 1. The van der Waals surface area contributed by atoms with Crippen LogP contribution < -0.4 is 16.1 Å². The molecule has 2 heterocycles. The highest BCUT2D eigenvalue weighted by Gasteiger charge is 2.52. The fraction of sp³-hybridized carbons (Fsp3) is 0.346. The number of benzene rings is 2. The van der Waals surface area contributed by atoms with Gasteiger partial charge in [-0.25, -0.2) is 15.0 Å². The van der Waals surface area contributed by atoms with Crippen LogP contribution in [0.1, 0.15) is 33.2 Å². The van der Waals surface area contributed by atoms with Gasteiger partial charge in [0.25, 0.3) is 8.32 Å². The van der Waals surface area contributed by atoms with Crippen molar-refractivity contribution in [1.29, 1.82) is 0 Å². The topological polar surface area (TPSA) is 99.1 Å². The van der Waals surface area contributed by atoms with Gasteiger partial charge in [-0.2, -0.15) is 0 Å². The van der Waals surface area contributed by atoms with Crippen LogP contribution in [0.2, 0.25) is 5.04 Å². The number of hydrogen-bond acceptors (Lipinski definition) is 6. The lowest BCUT2D eigenvalue weighted by Gasteiger charge is -2.47. The van der Waals surface area contributed by atoms with Crippen LogP contribution in [-0.2, 0) is 4.43 Å². The monoisotopic (exact) mass is 473 g/mol. The summed E-state index contributed by atoms with van der Waals surface area (Å²) in [5.74, 6) is 0.382. The van der Waals surface area contributed by atoms with Gasteiger partial charge in [-0.3, -0.25) is 0 Å². The summed E-state index contributed by atoms with van der Waals surface area (Å²) in [6.45, 7) is 7.29. The van der Waals surface area contributed by atoms with E-state index in [2.05, 4.69) is 84.3 Å². The van der Waals surface area contributed by atoms with Crippen molar-refractivity contribution in [3.8, 4) is 0 Å². The van der Waals surface area contributed by atoms with E-state index in [1.807, 2.05) is 16.7 Å². The van der Waals surface area contributed by atoms with Crippen LogP contribution in [-0.4, -0.2) is 45.7 Å². The van der Waals surface area contributed by atoms with Crippen molar-refractivity contribution in [1.82, 2.24) is 19.5 Å². The standard InChI is InChI=1S/C26H31N5O2Si/c1-26(2,3)34(19-10-6-4-7-11-19,20-12-8-5-9-13-20)33-15-18-14-21(23(18)32)31-17-30-22-24(27)28-16-29-25(22)31/h4-13,16-18,21,23,32H,14-15H2,1-3H3,(H2,27,28,29)/t18-,21-,23-/m1/s1. The highest BCUT2D eigenvalue weighted by Crippen LogP contribution is 2.42. The Balaban J connectivity index is 1.42. The second-order valence-electron chi connectivity index (χ2n) is 10.1. The first-order valence-corrected chi connectivity index (χ1v) is 13.6. The molecule has 0 amide bonds. The molecule has 0 aliphatic heterocycles. The lowest BCUT2D eigenvalue weighted by atomic mass is 9.77. The second-order valence-corrected chi connectivity index (χ2v) is 14.4. The molecular weight excluding hydrogens is 442 g/mol. The zero-order valence-electron chi connectivity index (χ0n) is 19.8. The van der Waals surface area contributed by atoms with Gasteiger partial charge in [-0.05, 0) is 21.8 Å². The Hall–Kier alpha value is -3.07. The van der Waals surface area contributed by atoms with Gasteiger partial charge >= 0.3 is 0 Å². The van der Waals surface area contributed by atoms with Crippen molar-refractivity contribution in [2.45, 2.75) is 44.4 Å². The number of nitrogens with zero attached hydrogens (tertiary/aromatic N) is 4. The highest BCUT2D eigenvalue weighted by molar-refractivity contribution is 6.99. The third-order valence-electron chi connectivity index (χ3n) is 7.10. The fourth-order valence-corrected chi connectivity index (χ4v) is 9.88. The quantitative estimate of drug-likeness (QED) is 0.418. The summed E-state index contributed by atoms with van der Waals surface area (Å²) >= 11 is 0. The molecule has 2 aromatic heterocycles. The summed E-state index contributed by atoms with van der Waals surface area (Å²) in [7, 11) is -2.63. The van der Waals surface area contributed by atoms with Crippen molar-refractivity contribution in [2.75, 3.05) is 12.3 Å². The van der Waals surface area contributed by atoms with Crippen molar-refractivity contribution in [3.63, 3.8) is 0 Å². The predicted octanol–water partition coefficient (Wildman–Crippen LogP) is 2.91. The molecule has 0 bridgehead atoms. The number of aliphatic hydroxyl groups excluding tert-OH is 1. The summed E-state index contributed by atoms with van der Waals surface area (Å²) in [5, 5.41) is 13.5. The largest absolute Gasteiger partial charge is 0.407 e. The number of hydrogen-bond donors (Lipinski definition) is 2. The number of rotatable bonds is 6. The van der Waals surface area contributed by atoms with Gasteiger partial charge in [-0.1, -0.05) is 81.4 Å². The third-order valence-corrected chi connectivity index (χ3v) is 12.1. The average molecular weight is 474 g/mol. The minimum absolute atomic E-state index is 0.0308. The van der Waals surface area contributed by atoms with Gasteiger partial charge in [0.2, 0.25) is 0 Å². The Labute approximate surface area is 200 Å². The lowest BCUT2D eigenvalue weighted by molar-refractivity contribution is -0.0520. The Morgan fingerprint density at radius 1 is 1.00 bits per heavy atom. The van der Waals surface area contributed by atoms with Crippen LogP contribution in [0, 0.1) is 5.92 Å². The Morgan fingerprint density at radius 3 is 2.18 bits per heavy atom. The zero-order chi connectivity index (χ0) is 23.9. The molecule has 0 spiro atoms. The predicted molar refractivity (Wildman–Crippen MR) is 136 cm³/mol. The molecule has 0 unspecified atom stereocenters.